The van der Waals surface area contributed by atoms with Crippen molar-refractivity contribution in [3.63, 3.8) is 0 Å². The molecule has 0 saturated heterocycles. The fourth-order valence-corrected chi connectivity index (χ4v) is 4.97. The fraction of sp³-hybridized carbons (Fsp3) is 0.0588. The number of anilines is 2. The number of nitrogen functional groups attached to an aromatic ring is 1. The Hall–Kier alpha value is -5.56. The molecule has 0 atom stereocenters. The van der Waals surface area contributed by atoms with Crippen LogP contribution in [0.3, 0.4) is 0 Å². The van der Waals surface area contributed by atoms with Crippen LogP contribution in [0.5, 0.6) is 0 Å². The molecule has 3 heterocycles. The molecule has 202 valence electrons. The number of aromatic nitrogens is 4. The van der Waals surface area contributed by atoms with Gasteiger partial charge in [-0.3, -0.25) is 9.89 Å². The number of aromatic amines is 3. The Balaban J connectivity index is 0.000000156. The number of fused-ring (bicyclic) bond motifs is 2. The van der Waals surface area contributed by atoms with Crippen LogP contribution in [0.15, 0.2) is 109 Å². The molecule has 0 radical (unpaired) electrons. The number of amides is 1. The Labute approximate surface area is 237 Å². The van der Waals surface area contributed by atoms with Gasteiger partial charge in [0.15, 0.2) is 0 Å². The predicted octanol–water partition coefficient (Wildman–Crippen LogP) is 7.84. The predicted molar refractivity (Wildman–Crippen MR) is 168 cm³/mol. The van der Waals surface area contributed by atoms with E-state index in [1.807, 2.05) is 48.5 Å². The summed E-state index contributed by atoms with van der Waals surface area (Å²) >= 11 is 0. The van der Waals surface area contributed by atoms with E-state index >= 15 is 0 Å². The van der Waals surface area contributed by atoms with Gasteiger partial charge in [0.05, 0.1) is 0 Å². The second-order valence-electron chi connectivity index (χ2n) is 10.1. The van der Waals surface area contributed by atoms with Crippen molar-refractivity contribution in [3.05, 3.63) is 126 Å². The summed E-state index contributed by atoms with van der Waals surface area (Å²) in [5.41, 5.74) is 16.9. The molecular formula is C34H30N6O. The standard InChI is InChI=1S/C19H16N4O.C15H14N2/c1-12-4-2-3-5-15(12)18-10-13-6-7-14(11-17(13)22-18)21-19(24)16-8-9-20-23-16;1-10-4-2-3-5-13(10)15-8-11-6-7-12(16)9-14(11)17-15/h2-11,22H,1H3,(H,20,23)(H,21,24);2-9,17H,16H2,1H3. The van der Waals surface area contributed by atoms with Crippen molar-refractivity contribution in [1.82, 2.24) is 20.2 Å². The number of hydrogen-bond acceptors (Lipinski definition) is 3. The number of nitrogens with one attached hydrogen (secondary N) is 4. The van der Waals surface area contributed by atoms with E-state index in [1.54, 1.807) is 12.3 Å². The van der Waals surface area contributed by atoms with Crippen LogP contribution in [0, 0.1) is 13.8 Å². The zero-order valence-electron chi connectivity index (χ0n) is 22.8. The number of nitrogens with zero attached hydrogens (tertiary/aromatic N) is 1. The molecule has 7 nitrogen and oxygen atoms in total. The minimum atomic E-state index is -0.211. The Kier molecular flexibility index (Phi) is 6.83. The molecule has 7 rings (SSSR count). The van der Waals surface area contributed by atoms with Gasteiger partial charge in [0.25, 0.3) is 5.91 Å². The van der Waals surface area contributed by atoms with Crippen molar-refractivity contribution >= 4 is 39.1 Å². The van der Waals surface area contributed by atoms with Gasteiger partial charge in [-0.2, -0.15) is 5.10 Å². The van der Waals surface area contributed by atoms with Crippen molar-refractivity contribution in [1.29, 1.82) is 0 Å². The van der Waals surface area contributed by atoms with E-state index in [4.69, 9.17) is 5.73 Å². The molecule has 7 heteroatoms. The van der Waals surface area contributed by atoms with Crippen LogP contribution >= 0.6 is 0 Å². The minimum absolute atomic E-state index is 0.211. The number of carbonyl (C=O) groups excluding carboxylic acids is 1. The lowest BCUT2D eigenvalue weighted by Gasteiger charge is -2.03. The number of rotatable bonds is 4. The normalized spacial score (nSPS) is 10.9. The van der Waals surface area contributed by atoms with E-state index in [9.17, 15) is 4.79 Å². The molecule has 7 aromatic rings. The topological polar surface area (TPSA) is 115 Å². The molecule has 41 heavy (non-hydrogen) atoms. The van der Waals surface area contributed by atoms with E-state index in [0.29, 0.717) is 5.69 Å². The second kappa shape index (κ2) is 10.9. The summed E-state index contributed by atoms with van der Waals surface area (Å²) < 4.78 is 0. The average Bonchev–Trinajstić information content (AvgIpc) is 3.73. The third kappa shape index (κ3) is 5.46. The van der Waals surface area contributed by atoms with Gasteiger partial charge in [0.2, 0.25) is 0 Å². The van der Waals surface area contributed by atoms with E-state index in [0.717, 1.165) is 39.2 Å². The summed E-state index contributed by atoms with van der Waals surface area (Å²) in [4.78, 5) is 18.9. The molecule has 0 bridgehead atoms. The average molecular weight is 539 g/mol. The minimum Gasteiger partial charge on any atom is -0.399 e. The molecule has 0 aliphatic carbocycles. The molecule has 3 aromatic heterocycles. The van der Waals surface area contributed by atoms with Crippen LogP contribution in [-0.4, -0.2) is 26.1 Å². The molecular weight excluding hydrogens is 508 g/mol. The van der Waals surface area contributed by atoms with Gasteiger partial charge < -0.3 is 21.0 Å². The summed E-state index contributed by atoms with van der Waals surface area (Å²) in [6.07, 6.45) is 1.55. The van der Waals surface area contributed by atoms with Crippen molar-refractivity contribution in [2.75, 3.05) is 11.1 Å². The lowest BCUT2D eigenvalue weighted by Crippen LogP contribution is -2.12. The van der Waals surface area contributed by atoms with E-state index < -0.39 is 0 Å². The van der Waals surface area contributed by atoms with Crippen LogP contribution in [0.2, 0.25) is 0 Å². The third-order valence-corrected chi connectivity index (χ3v) is 7.14. The van der Waals surface area contributed by atoms with Crippen molar-refractivity contribution in [3.8, 4) is 22.5 Å². The van der Waals surface area contributed by atoms with Crippen LogP contribution < -0.4 is 11.1 Å². The molecule has 0 unspecified atom stereocenters. The molecule has 0 aliphatic rings. The van der Waals surface area contributed by atoms with Crippen molar-refractivity contribution < 1.29 is 4.79 Å². The SMILES string of the molecule is Cc1ccccc1-c1cc2ccc(N)cc2[nH]1.Cc1ccccc1-c1cc2ccc(NC(=O)c3ccn[nH]3)cc2[nH]1. The molecule has 0 spiro atoms. The highest BCUT2D eigenvalue weighted by atomic mass is 16.1. The maximum atomic E-state index is 12.1. The molecule has 4 aromatic carbocycles. The highest BCUT2D eigenvalue weighted by Gasteiger charge is 2.10. The lowest BCUT2D eigenvalue weighted by atomic mass is 10.1. The van der Waals surface area contributed by atoms with Gasteiger partial charge >= 0.3 is 0 Å². The van der Waals surface area contributed by atoms with Gasteiger partial charge in [-0.05, 0) is 67.4 Å². The Morgan fingerprint density at radius 3 is 1.88 bits per heavy atom. The summed E-state index contributed by atoms with van der Waals surface area (Å²) in [5.74, 6) is -0.211. The number of H-pyrrole nitrogens is 3. The van der Waals surface area contributed by atoms with Crippen molar-refractivity contribution in [2.45, 2.75) is 13.8 Å². The third-order valence-electron chi connectivity index (χ3n) is 7.14. The highest BCUT2D eigenvalue weighted by molar-refractivity contribution is 6.04. The molecule has 6 N–H and O–H groups in total. The number of carbonyl (C=O) groups is 1. The number of aryl methyl sites for hydroxylation is 2. The monoisotopic (exact) mass is 538 g/mol. The van der Waals surface area contributed by atoms with E-state index in [-0.39, 0.29) is 5.91 Å². The first-order valence-corrected chi connectivity index (χ1v) is 13.4. The number of hydrogen-bond donors (Lipinski definition) is 5. The summed E-state index contributed by atoms with van der Waals surface area (Å²) in [5, 5.41) is 11.6. The van der Waals surface area contributed by atoms with Gasteiger partial charge in [-0.25, -0.2) is 0 Å². The quantitative estimate of drug-likeness (QED) is 0.147. The summed E-state index contributed by atoms with van der Waals surface area (Å²) in [7, 11) is 0. The zero-order valence-corrected chi connectivity index (χ0v) is 22.8. The molecule has 0 fully saturated rings. The lowest BCUT2D eigenvalue weighted by molar-refractivity contribution is 0.102. The van der Waals surface area contributed by atoms with Gasteiger partial charge in [0.1, 0.15) is 5.69 Å². The first-order valence-electron chi connectivity index (χ1n) is 13.4. The summed E-state index contributed by atoms with van der Waals surface area (Å²) in [6, 6.07) is 34.3. The Morgan fingerprint density at radius 2 is 1.29 bits per heavy atom. The van der Waals surface area contributed by atoms with Crippen LogP contribution in [0.25, 0.3) is 44.3 Å². The van der Waals surface area contributed by atoms with Crippen molar-refractivity contribution in [2.24, 2.45) is 0 Å². The summed E-state index contributed by atoms with van der Waals surface area (Å²) in [6.45, 7) is 4.21. The van der Waals surface area contributed by atoms with Gasteiger partial charge in [-0.15, -0.1) is 0 Å². The Morgan fingerprint density at radius 1 is 0.707 bits per heavy atom. The maximum absolute atomic E-state index is 12.1. The maximum Gasteiger partial charge on any atom is 0.273 e. The van der Waals surface area contributed by atoms with E-state index in [1.165, 1.54) is 27.6 Å². The zero-order chi connectivity index (χ0) is 28.3. The van der Waals surface area contributed by atoms with Crippen LogP contribution in [0.4, 0.5) is 11.4 Å². The van der Waals surface area contributed by atoms with Gasteiger partial charge in [0, 0.05) is 61.9 Å². The van der Waals surface area contributed by atoms with E-state index in [2.05, 4.69) is 87.9 Å². The van der Waals surface area contributed by atoms with Crippen LogP contribution in [0.1, 0.15) is 21.6 Å². The second-order valence-corrected chi connectivity index (χ2v) is 10.1. The number of nitrogens with two attached hydrogens (primary N) is 1. The molecule has 1 amide bonds. The van der Waals surface area contributed by atoms with Gasteiger partial charge in [-0.1, -0.05) is 60.7 Å². The fourth-order valence-electron chi connectivity index (χ4n) is 4.97. The highest BCUT2D eigenvalue weighted by Crippen LogP contribution is 2.29. The molecule has 0 saturated carbocycles. The smallest absolute Gasteiger partial charge is 0.273 e. The Bertz CT molecular complexity index is 1980. The first-order chi connectivity index (χ1) is 19.9. The first kappa shape index (κ1) is 25.7. The largest absolute Gasteiger partial charge is 0.399 e. The van der Waals surface area contributed by atoms with Crippen LogP contribution in [-0.2, 0) is 0 Å². The molecule has 0 aliphatic heterocycles. The number of benzene rings is 4.